The molecule has 0 unspecified atom stereocenters. The quantitative estimate of drug-likeness (QED) is 0.701. The molecule has 0 saturated heterocycles. The van der Waals surface area contributed by atoms with Gasteiger partial charge in [0, 0.05) is 0 Å². The van der Waals surface area contributed by atoms with Crippen LogP contribution in [0, 0.1) is 0 Å². The van der Waals surface area contributed by atoms with Crippen molar-refractivity contribution >= 4 is 20.0 Å². The summed E-state index contributed by atoms with van der Waals surface area (Å²) in [5.41, 5.74) is -6.61. The van der Waals surface area contributed by atoms with Crippen molar-refractivity contribution in [3.63, 3.8) is 0 Å². The molecule has 0 heterocycles. The molecule has 0 rings (SSSR count). The van der Waals surface area contributed by atoms with Gasteiger partial charge in [-0.15, -0.1) is 0 Å². The average Bonchev–Trinajstić information content (AvgIpc) is 2.11. The van der Waals surface area contributed by atoms with E-state index in [9.17, 15) is 60.7 Å². The van der Waals surface area contributed by atoms with Crippen LogP contribution in [0.2, 0.25) is 0 Å². The summed E-state index contributed by atoms with van der Waals surface area (Å²) in [6, 6.07) is 0. The zero-order chi connectivity index (χ0) is 17.7. The highest BCUT2D eigenvalue weighted by Gasteiger charge is 2.77. The van der Waals surface area contributed by atoms with E-state index < -0.39 is 42.9 Å². The molecule has 0 aliphatic rings. The number of halogens is 10. The number of alkyl halides is 10. The lowest BCUT2D eigenvalue weighted by Crippen LogP contribution is -2.56. The van der Waals surface area contributed by atoms with Gasteiger partial charge in [-0.25, -0.2) is 16.8 Å². The molecule has 0 amide bonds. The number of hydrogen-bond acceptors (Lipinski definition) is 4. The summed E-state index contributed by atoms with van der Waals surface area (Å²) in [4.78, 5) is 0. The second kappa shape index (κ2) is 4.83. The van der Waals surface area contributed by atoms with Crippen LogP contribution in [0.3, 0.4) is 0 Å². The fraction of sp³-hybridized carbons (Fsp3) is 1.00. The molecular weight excluding hydrogens is 380 g/mol. The Hall–Kier alpha value is -0.840. The molecule has 0 atom stereocenters. The molecule has 0 aromatic rings. The summed E-state index contributed by atoms with van der Waals surface area (Å²) in [5.74, 6) is -7.39. The molecule has 5 nitrogen and oxygen atoms in total. The van der Waals surface area contributed by atoms with Crippen molar-refractivity contribution in [2.24, 2.45) is 0 Å². The van der Waals surface area contributed by atoms with E-state index >= 15 is 0 Å². The minimum absolute atomic E-state index is 0.453. The van der Waals surface area contributed by atoms with Crippen LogP contribution in [-0.4, -0.2) is 39.7 Å². The Balaban J connectivity index is 5.97. The van der Waals surface area contributed by atoms with Crippen molar-refractivity contribution in [3.05, 3.63) is 4.13 Å². The van der Waals surface area contributed by atoms with Crippen LogP contribution in [-0.2, 0) is 20.0 Å². The number of rotatable bonds is 4. The largest absolute Gasteiger partial charge is 0.480 e. The Morgan fingerprint density at radius 3 is 1.19 bits per heavy atom. The van der Waals surface area contributed by atoms with Gasteiger partial charge < -0.3 is 4.13 Å². The smallest absolute Gasteiger partial charge is 0.423 e. The van der Waals surface area contributed by atoms with Gasteiger partial charge >= 0.3 is 22.9 Å². The minimum atomic E-state index is -7.73. The number of nitrogens with zero attached hydrogens (tertiary/aromatic N) is 1. The highest BCUT2D eigenvalue weighted by Crippen LogP contribution is 2.51. The SMILES string of the molecule is O=S(=O)([N-]S(=O)(=O)C(F)(F)C(F)(F)C(F)(F)F)C(F)(F)F. The van der Waals surface area contributed by atoms with Gasteiger partial charge in [-0.1, -0.05) is 0 Å². The molecule has 0 fully saturated rings. The highest BCUT2D eigenvalue weighted by molar-refractivity contribution is 8.13. The zero-order valence-corrected chi connectivity index (χ0v) is 10.3. The minimum Gasteiger partial charge on any atom is -0.423 e. The highest BCUT2D eigenvalue weighted by atomic mass is 32.3. The Labute approximate surface area is 109 Å². The first-order valence-electron chi connectivity index (χ1n) is 3.83. The van der Waals surface area contributed by atoms with Gasteiger partial charge in [-0.3, -0.25) is 0 Å². The predicted molar refractivity (Wildman–Crippen MR) is 43.2 cm³/mol. The molecule has 0 bridgehead atoms. The van der Waals surface area contributed by atoms with Gasteiger partial charge in [-0.2, -0.15) is 43.9 Å². The molecule has 17 heteroatoms. The van der Waals surface area contributed by atoms with Gasteiger partial charge in [0.2, 0.25) is 0 Å². The summed E-state index contributed by atoms with van der Waals surface area (Å²) in [6.07, 6.45) is -7.21. The molecule has 0 aliphatic carbocycles. The fourth-order valence-electron chi connectivity index (χ4n) is 0.545. The van der Waals surface area contributed by atoms with Crippen molar-refractivity contribution in [1.82, 2.24) is 0 Å². The van der Waals surface area contributed by atoms with Gasteiger partial charge in [0.15, 0.2) is 20.0 Å². The van der Waals surface area contributed by atoms with Crippen molar-refractivity contribution in [2.45, 2.75) is 22.9 Å². The van der Waals surface area contributed by atoms with Crippen molar-refractivity contribution in [3.8, 4) is 0 Å². The van der Waals surface area contributed by atoms with Crippen LogP contribution in [0.5, 0.6) is 0 Å². The Morgan fingerprint density at radius 2 is 0.952 bits per heavy atom. The molecule has 0 spiro atoms. The van der Waals surface area contributed by atoms with Crippen LogP contribution in [0.4, 0.5) is 43.9 Å². The van der Waals surface area contributed by atoms with E-state index in [0.717, 1.165) is 0 Å². The summed E-state index contributed by atoms with van der Waals surface area (Å²) in [5, 5.41) is -7.28. The molecule has 0 aromatic carbocycles. The maximum Gasteiger partial charge on any atom is 0.480 e. The molecular formula is C4F10NO4S2-. The molecule has 0 saturated carbocycles. The average molecular weight is 380 g/mol. The van der Waals surface area contributed by atoms with Crippen molar-refractivity contribution in [1.29, 1.82) is 0 Å². The Bertz CT molecular complexity index is 598. The van der Waals surface area contributed by atoms with E-state index in [1.54, 1.807) is 0 Å². The van der Waals surface area contributed by atoms with E-state index in [-0.39, 0.29) is 0 Å². The first kappa shape index (κ1) is 20.2. The van der Waals surface area contributed by atoms with Crippen LogP contribution >= 0.6 is 0 Å². The summed E-state index contributed by atoms with van der Waals surface area (Å²) >= 11 is 0. The molecule has 0 N–H and O–H groups in total. The number of sulfonamides is 2. The third kappa shape index (κ3) is 3.33. The first-order chi connectivity index (χ1) is 8.71. The lowest BCUT2D eigenvalue weighted by molar-refractivity contribution is -0.331. The van der Waals surface area contributed by atoms with Crippen LogP contribution in [0.15, 0.2) is 0 Å². The first-order valence-corrected chi connectivity index (χ1v) is 6.71. The maximum atomic E-state index is 12.6. The third-order valence-corrected chi connectivity index (χ3v) is 4.59. The maximum absolute atomic E-state index is 12.6. The van der Waals surface area contributed by atoms with Crippen LogP contribution in [0.25, 0.3) is 4.13 Å². The standard InChI is InChI=1S/C4F10NO4S2/c5-1(6,2(7,8)9)3(10,11)20(16,17)15-21(18,19)4(12,13)14/q-1. The normalized spacial score (nSPS) is 16.1. The fourth-order valence-corrected chi connectivity index (χ4v) is 2.73. The van der Waals surface area contributed by atoms with Crippen LogP contribution < -0.4 is 0 Å². The Kier molecular flexibility index (Phi) is 4.64. The summed E-state index contributed by atoms with van der Waals surface area (Å²) in [6.45, 7) is 0. The lowest BCUT2D eigenvalue weighted by atomic mass is 10.3. The van der Waals surface area contributed by atoms with E-state index in [0.29, 0.717) is 4.13 Å². The van der Waals surface area contributed by atoms with Crippen molar-refractivity contribution in [2.75, 3.05) is 0 Å². The second-order valence-corrected chi connectivity index (χ2v) is 6.53. The summed E-state index contributed by atoms with van der Waals surface area (Å²) < 4.78 is 161. The Morgan fingerprint density at radius 1 is 0.619 bits per heavy atom. The second-order valence-electron chi connectivity index (χ2n) is 3.06. The van der Waals surface area contributed by atoms with Gasteiger partial charge in [0.1, 0.15) is 0 Å². The van der Waals surface area contributed by atoms with Gasteiger partial charge in [-0.05, 0) is 0 Å². The monoisotopic (exact) mass is 380 g/mol. The van der Waals surface area contributed by atoms with E-state index in [1.807, 2.05) is 0 Å². The van der Waals surface area contributed by atoms with Crippen molar-refractivity contribution < 1.29 is 60.7 Å². The lowest BCUT2D eigenvalue weighted by Gasteiger charge is -2.33. The molecule has 128 valence electrons. The predicted octanol–water partition coefficient (Wildman–Crippen LogP) is 2.33. The topological polar surface area (TPSA) is 82.4 Å². The van der Waals surface area contributed by atoms with E-state index in [2.05, 4.69) is 0 Å². The van der Waals surface area contributed by atoms with Gasteiger partial charge in [0.05, 0.1) is 0 Å². The third-order valence-electron chi connectivity index (χ3n) is 1.53. The molecule has 0 aliphatic heterocycles. The molecule has 0 radical (unpaired) electrons. The van der Waals surface area contributed by atoms with E-state index in [1.165, 1.54) is 0 Å². The van der Waals surface area contributed by atoms with Gasteiger partial charge in [0.25, 0.3) is 0 Å². The van der Waals surface area contributed by atoms with E-state index in [4.69, 9.17) is 0 Å². The number of hydrogen-bond donors (Lipinski definition) is 0. The summed E-state index contributed by atoms with van der Waals surface area (Å²) in [7, 11) is -15.0. The zero-order valence-electron chi connectivity index (χ0n) is 8.68. The van der Waals surface area contributed by atoms with Crippen LogP contribution in [0.1, 0.15) is 0 Å². The molecule has 21 heavy (non-hydrogen) atoms. The molecule has 0 aromatic heterocycles.